The molecule has 0 aromatic rings. The quantitative estimate of drug-likeness (QED) is 0.282. The second-order valence-corrected chi connectivity index (χ2v) is 14.9. The molecule has 0 heterocycles. The number of aliphatic hydroxyl groups is 1. The first-order chi connectivity index (χ1) is 17.1. The number of ketones is 1. The summed E-state index contributed by atoms with van der Waals surface area (Å²) in [6, 6.07) is 0. The number of hydrogen-bond acceptors (Lipinski definition) is 5. The molecule has 0 saturated heterocycles. The minimum Gasteiger partial charge on any atom is -0.459 e. The highest BCUT2D eigenvalue weighted by Gasteiger charge is 2.70. The smallest absolute Gasteiger partial charge is 0.303 e. The van der Waals surface area contributed by atoms with Gasteiger partial charge in [0.1, 0.15) is 24.3 Å². The molecule has 0 aliphatic heterocycles. The van der Waals surface area contributed by atoms with Gasteiger partial charge in [-0.15, -0.1) is 0 Å². The molecule has 206 valence electrons. The highest BCUT2D eigenvalue weighted by atomic mass is 16.6. The summed E-state index contributed by atoms with van der Waals surface area (Å²) in [4.78, 5) is 37.8. The molecule has 5 heteroatoms. The Labute approximate surface area is 223 Å². The van der Waals surface area contributed by atoms with Crippen molar-refractivity contribution in [3.8, 4) is 0 Å². The van der Waals surface area contributed by atoms with Crippen LogP contribution in [0.3, 0.4) is 0 Å². The number of aldehydes is 1. The zero-order valence-corrected chi connectivity index (χ0v) is 24.2. The Morgan fingerprint density at radius 1 is 1.03 bits per heavy atom. The molecule has 0 radical (unpaired) electrons. The summed E-state index contributed by atoms with van der Waals surface area (Å²) in [5.74, 6) is 0.884. The van der Waals surface area contributed by atoms with Crippen LogP contribution in [-0.4, -0.2) is 35.4 Å². The lowest BCUT2D eigenvalue weighted by atomic mass is 9.33. The number of hydrogen-bond donors (Lipinski definition) is 1. The summed E-state index contributed by atoms with van der Waals surface area (Å²) >= 11 is 0. The Hall–Kier alpha value is -1.49. The van der Waals surface area contributed by atoms with E-state index >= 15 is 0 Å². The van der Waals surface area contributed by atoms with Crippen LogP contribution in [0.2, 0.25) is 0 Å². The van der Waals surface area contributed by atoms with Gasteiger partial charge in [0.2, 0.25) is 0 Å². The Bertz CT molecular complexity index is 1040. The van der Waals surface area contributed by atoms with E-state index in [1.54, 1.807) is 0 Å². The zero-order valence-electron chi connectivity index (χ0n) is 24.2. The van der Waals surface area contributed by atoms with Crippen LogP contribution in [0.25, 0.3) is 0 Å². The number of rotatable bonds is 2. The molecule has 0 spiro atoms. The molecule has 0 aromatic carbocycles. The Kier molecular flexibility index (Phi) is 6.05. The number of carbonyl (C=O) groups excluding carboxylic acids is 3. The van der Waals surface area contributed by atoms with Crippen LogP contribution >= 0.6 is 0 Å². The Morgan fingerprint density at radius 2 is 1.70 bits per heavy atom. The number of carbonyl (C=O) groups is 3. The maximum atomic E-state index is 13.0. The topological polar surface area (TPSA) is 80.7 Å². The van der Waals surface area contributed by atoms with E-state index in [2.05, 4.69) is 54.5 Å². The first-order valence-electron chi connectivity index (χ1n) is 14.7. The summed E-state index contributed by atoms with van der Waals surface area (Å²) in [7, 11) is 0. The molecule has 5 aliphatic carbocycles. The maximum Gasteiger partial charge on any atom is 0.303 e. The SMILES string of the molecule is CC(=O)OC1C(C)C(C)C2C3=CCC4C5(C)CCC(=O)C(C)(C)C5CCC4(C)C3(C)CCC2(C=O)C1O. The summed E-state index contributed by atoms with van der Waals surface area (Å²) in [5.41, 5.74) is 0.253. The standard InChI is InChI=1S/C32H48O5/c1-18-19(2)26(37-20(3)34)27(36)32(17-33)16-15-30(7)21(25(18)32)9-10-23-29(6)13-12-24(35)28(4,5)22(29)11-14-31(23,30)8/h9,17-19,22-23,25-27,36H,10-16H2,1-8H3. The predicted molar refractivity (Wildman–Crippen MR) is 142 cm³/mol. The number of Topliss-reactive ketones (excluding diaryl/α,β-unsaturated/α-hetero) is 1. The molecule has 0 amide bonds. The summed E-state index contributed by atoms with van der Waals surface area (Å²) < 4.78 is 5.63. The average molecular weight is 513 g/mol. The molecule has 4 fully saturated rings. The minimum absolute atomic E-state index is 0.0517. The number of aliphatic hydroxyl groups excluding tert-OH is 1. The molecule has 11 unspecified atom stereocenters. The van der Waals surface area contributed by atoms with Crippen LogP contribution in [0, 0.1) is 56.7 Å². The number of ether oxygens (including phenoxy) is 1. The van der Waals surface area contributed by atoms with Gasteiger partial charge in [-0.05, 0) is 84.4 Å². The normalized spacial score (nSPS) is 52.5. The van der Waals surface area contributed by atoms with Gasteiger partial charge in [0.05, 0.1) is 5.41 Å². The first-order valence-corrected chi connectivity index (χ1v) is 14.7. The van der Waals surface area contributed by atoms with E-state index < -0.39 is 23.6 Å². The van der Waals surface area contributed by atoms with Crippen LogP contribution in [0.4, 0.5) is 0 Å². The largest absolute Gasteiger partial charge is 0.459 e. The van der Waals surface area contributed by atoms with Crippen molar-refractivity contribution in [1.82, 2.24) is 0 Å². The second kappa shape index (κ2) is 8.26. The third kappa shape index (κ3) is 3.22. The molecular weight excluding hydrogens is 464 g/mol. The molecule has 37 heavy (non-hydrogen) atoms. The Balaban J connectivity index is 1.60. The summed E-state index contributed by atoms with van der Waals surface area (Å²) in [6.07, 6.45) is 8.01. The van der Waals surface area contributed by atoms with E-state index in [0.29, 0.717) is 30.5 Å². The molecule has 5 rings (SSSR count). The number of esters is 1. The summed E-state index contributed by atoms with van der Waals surface area (Å²) in [5, 5.41) is 11.6. The van der Waals surface area contributed by atoms with E-state index in [-0.39, 0.29) is 39.4 Å². The predicted octanol–water partition coefficient (Wildman–Crippen LogP) is 5.92. The van der Waals surface area contributed by atoms with Crippen molar-refractivity contribution < 1.29 is 24.2 Å². The fraction of sp³-hybridized carbons (Fsp3) is 0.844. The molecule has 1 N–H and O–H groups in total. The van der Waals surface area contributed by atoms with Gasteiger partial charge < -0.3 is 14.6 Å². The highest BCUT2D eigenvalue weighted by molar-refractivity contribution is 5.85. The van der Waals surface area contributed by atoms with Crippen LogP contribution < -0.4 is 0 Å². The zero-order chi connectivity index (χ0) is 27.3. The fourth-order valence-electron chi connectivity index (χ4n) is 11.0. The van der Waals surface area contributed by atoms with Crippen molar-refractivity contribution >= 4 is 18.0 Å². The van der Waals surface area contributed by atoms with Gasteiger partial charge in [-0.1, -0.05) is 60.1 Å². The highest BCUT2D eigenvalue weighted by Crippen LogP contribution is 2.75. The van der Waals surface area contributed by atoms with Gasteiger partial charge in [0.15, 0.2) is 0 Å². The van der Waals surface area contributed by atoms with Crippen molar-refractivity contribution in [2.45, 2.75) is 113 Å². The van der Waals surface area contributed by atoms with Gasteiger partial charge in [0, 0.05) is 18.8 Å². The third-order valence-corrected chi connectivity index (χ3v) is 13.5. The lowest BCUT2D eigenvalue weighted by molar-refractivity contribution is -0.213. The second-order valence-electron chi connectivity index (χ2n) is 14.9. The maximum absolute atomic E-state index is 13.0. The average Bonchev–Trinajstić information content (AvgIpc) is 2.83. The Morgan fingerprint density at radius 3 is 2.32 bits per heavy atom. The molecule has 4 saturated carbocycles. The van der Waals surface area contributed by atoms with Crippen molar-refractivity contribution in [3.05, 3.63) is 11.6 Å². The van der Waals surface area contributed by atoms with Crippen molar-refractivity contribution in [2.75, 3.05) is 0 Å². The van der Waals surface area contributed by atoms with Crippen LogP contribution in [0.15, 0.2) is 11.6 Å². The van der Waals surface area contributed by atoms with Crippen LogP contribution in [0.5, 0.6) is 0 Å². The van der Waals surface area contributed by atoms with E-state index in [1.165, 1.54) is 12.5 Å². The van der Waals surface area contributed by atoms with Crippen molar-refractivity contribution in [2.24, 2.45) is 56.7 Å². The van der Waals surface area contributed by atoms with Crippen LogP contribution in [0.1, 0.15) is 100 Å². The molecule has 5 aliphatic rings. The van der Waals surface area contributed by atoms with Gasteiger partial charge in [0.25, 0.3) is 0 Å². The number of fused-ring (bicyclic) bond motifs is 7. The van der Waals surface area contributed by atoms with E-state index in [1.807, 2.05) is 0 Å². The van der Waals surface area contributed by atoms with Crippen molar-refractivity contribution in [3.63, 3.8) is 0 Å². The molecule has 5 nitrogen and oxygen atoms in total. The molecule has 11 atom stereocenters. The lowest BCUT2D eigenvalue weighted by Gasteiger charge is -2.71. The molecular formula is C32H48O5. The van der Waals surface area contributed by atoms with Crippen LogP contribution in [-0.2, 0) is 19.1 Å². The monoisotopic (exact) mass is 512 g/mol. The minimum atomic E-state index is -1.00. The first kappa shape index (κ1) is 27.1. The third-order valence-electron chi connectivity index (χ3n) is 13.5. The summed E-state index contributed by atoms with van der Waals surface area (Å²) in [6.45, 7) is 17.4. The van der Waals surface area contributed by atoms with Gasteiger partial charge in [-0.2, -0.15) is 0 Å². The van der Waals surface area contributed by atoms with Gasteiger partial charge in [-0.3, -0.25) is 9.59 Å². The molecule has 0 bridgehead atoms. The van der Waals surface area contributed by atoms with Gasteiger partial charge >= 0.3 is 5.97 Å². The van der Waals surface area contributed by atoms with Gasteiger partial charge in [-0.25, -0.2) is 0 Å². The fourth-order valence-corrected chi connectivity index (χ4v) is 11.0. The van der Waals surface area contributed by atoms with E-state index in [0.717, 1.165) is 38.4 Å². The van der Waals surface area contributed by atoms with E-state index in [9.17, 15) is 19.5 Å². The number of allylic oxidation sites excluding steroid dienone is 2. The molecule has 0 aromatic heterocycles. The van der Waals surface area contributed by atoms with E-state index in [4.69, 9.17) is 4.74 Å². The lowest BCUT2D eigenvalue weighted by Crippen LogP contribution is -2.68. The van der Waals surface area contributed by atoms with Crippen molar-refractivity contribution in [1.29, 1.82) is 0 Å².